The molecule has 44 heavy (non-hydrogen) atoms. The average molecular weight is 651 g/mol. The van der Waals surface area contributed by atoms with Gasteiger partial charge in [0.1, 0.15) is 5.65 Å². The second-order valence-electron chi connectivity index (χ2n) is 11.8. The van der Waals surface area contributed by atoms with E-state index in [1.165, 1.54) is 0 Å². The molecule has 5 aromatic rings. The Labute approximate surface area is 263 Å². The van der Waals surface area contributed by atoms with Gasteiger partial charge in [-0.15, -0.1) is 0 Å². The molecule has 1 atom stereocenters. The smallest absolute Gasteiger partial charge is 0.261 e. The maximum atomic E-state index is 14.6. The maximum Gasteiger partial charge on any atom is 0.261 e. The van der Waals surface area contributed by atoms with Gasteiger partial charge in [-0.05, 0) is 79.3 Å². The lowest BCUT2D eigenvalue weighted by Gasteiger charge is -2.37. The number of fused-ring (bicyclic) bond motifs is 3. The number of nitrogens with one attached hydrogen (secondary N) is 1. The molecule has 2 amide bonds. The van der Waals surface area contributed by atoms with E-state index in [0.29, 0.717) is 53.3 Å². The molecule has 9 heteroatoms. The highest BCUT2D eigenvalue weighted by molar-refractivity contribution is 9.10. The molecule has 0 saturated heterocycles. The molecule has 2 aliphatic rings. The van der Waals surface area contributed by atoms with Crippen LogP contribution < -0.4 is 10.9 Å². The van der Waals surface area contributed by atoms with Crippen LogP contribution in [0.2, 0.25) is 0 Å². The van der Waals surface area contributed by atoms with Crippen LogP contribution in [0.25, 0.3) is 11.3 Å². The van der Waals surface area contributed by atoms with Crippen LogP contribution in [0.4, 0.5) is 0 Å². The molecule has 3 heterocycles. The third-order valence-electron chi connectivity index (χ3n) is 8.91. The first kappa shape index (κ1) is 28.3. The van der Waals surface area contributed by atoms with Crippen molar-refractivity contribution in [3.63, 3.8) is 0 Å². The van der Waals surface area contributed by atoms with Gasteiger partial charge in [0.2, 0.25) is 0 Å². The molecule has 1 saturated carbocycles. The Bertz CT molecular complexity index is 1980. The van der Waals surface area contributed by atoms with Crippen LogP contribution in [0.5, 0.6) is 0 Å². The Morgan fingerprint density at radius 3 is 2.41 bits per heavy atom. The number of amides is 2. The van der Waals surface area contributed by atoms with E-state index in [0.717, 1.165) is 39.7 Å². The van der Waals surface area contributed by atoms with Crippen LogP contribution >= 0.6 is 15.9 Å². The Hall–Kier alpha value is -4.50. The summed E-state index contributed by atoms with van der Waals surface area (Å²) in [7, 11) is 1.60. The summed E-state index contributed by atoms with van der Waals surface area (Å²) in [6.07, 6.45) is 4.98. The van der Waals surface area contributed by atoms with Crippen LogP contribution in [-0.4, -0.2) is 44.0 Å². The van der Waals surface area contributed by atoms with E-state index in [1.807, 2.05) is 71.1 Å². The highest BCUT2D eigenvalue weighted by atomic mass is 79.9. The first-order valence-corrected chi connectivity index (χ1v) is 15.7. The average Bonchev–Trinajstić information content (AvgIpc) is 3.82. The van der Waals surface area contributed by atoms with Crippen LogP contribution in [0.15, 0.2) is 88.3 Å². The van der Waals surface area contributed by atoms with Crippen molar-refractivity contribution < 1.29 is 9.59 Å². The molecule has 0 bridgehead atoms. The Morgan fingerprint density at radius 2 is 1.73 bits per heavy atom. The normalized spacial score (nSPS) is 16.2. The van der Waals surface area contributed by atoms with Crippen LogP contribution in [0.1, 0.15) is 61.5 Å². The van der Waals surface area contributed by atoms with Gasteiger partial charge in [-0.25, -0.2) is 4.52 Å². The van der Waals surface area contributed by atoms with Crippen LogP contribution in [0, 0.1) is 12.8 Å². The van der Waals surface area contributed by atoms with E-state index in [1.54, 1.807) is 23.7 Å². The lowest BCUT2D eigenvalue weighted by molar-refractivity contribution is 0.0604. The number of benzene rings is 3. The summed E-state index contributed by atoms with van der Waals surface area (Å²) in [5, 5.41) is 7.49. The zero-order valence-corrected chi connectivity index (χ0v) is 26.2. The lowest BCUT2D eigenvalue weighted by atomic mass is 9.93. The minimum atomic E-state index is -0.188. The van der Waals surface area contributed by atoms with Crippen molar-refractivity contribution in [1.29, 1.82) is 0 Å². The fourth-order valence-corrected chi connectivity index (χ4v) is 6.66. The predicted molar refractivity (Wildman–Crippen MR) is 172 cm³/mol. The molecular weight excluding hydrogens is 618 g/mol. The molecule has 7 rings (SSSR count). The number of aryl methyl sites for hydroxylation is 1. The van der Waals surface area contributed by atoms with Crippen molar-refractivity contribution in [1.82, 2.24) is 24.4 Å². The fourth-order valence-electron chi connectivity index (χ4n) is 6.41. The van der Waals surface area contributed by atoms with E-state index >= 15 is 0 Å². The molecule has 1 fully saturated rings. The molecule has 1 aliphatic heterocycles. The van der Waals surface area contributed by atoms with Crippen molar-refractivity contribution in [3.05, 3.63) is 133 Å². The molecule has 222 valence electrons. The van der Waals surface area contributed by atoms with Gasteiger partial charge in [0.15, 0.2) is 0 Å². The number of rotatable bonds is 6. The third-order valence-corrected chi connectivity index (χ3v) is 9.80. The summed E-state index contributed by atoms with van der Waals surface area (Å²) in [5.74, 6) is 0.152. The quantitative estimate of drug-likeness (QED) is 0.264. The molecule has 0 unspecified atom stereocenters. The largest absolute Gasteiger partial charge is 0.355 e. The van der Waals surface area contributed by atoms with Gasteiger partial charge in [0, 0.05) is 52.7 Å². The number of aromatic nitrogens is 3. The molecule has 1 N–H and O–H groups in total. The van der Waals surface area contributed by atoms with Crippen LogP contribution in [0.3, 0.4) is 0 Å². The molecule has 1 aliphatic carbocycles. The Morgan fingerprint density at radius 1 is 1.00 bits per heavy atom. The van der Waals surface area contributed by atoms with Gasteiger partial charge in [-0.3, -0.25) is 19.0 Å². The van der Waals surface area contributed by atoms with Gasteiger partial charge in [-0.1, -0.05) is 46.3 Å². The summed E-state index contributed by atoms with van der Waals surface area (Å²) in [5.41, 5.74) is 6.83. The number of carbonyl (C=O) groups excluding carboxylic acids is 2. The zero-order valence-electron chi connectivity index (χ0n) is 24.6. The van der Waals surface area contributed by atoms with Crippen LogP contribution in [-0.2, 0) is 19.4 Å². The van der Waals surface area contributed by atoms with E-state index in [-0.39, 0.29) is 23.4 Å². The standard InChI is InChI=1S/C35H32BrN5O3/c1-21-16-25(12-15-29(21)36)34(43)39-20-31-28(18-30(39)23-8-9-23)35(44)40(27-13-10-24(11-14-27)32(42)37-2)33-26(19-38-41(31)33)17-22-6-4-3-5-7-22/h3-7,10-16,19,23,30H,8-9,17-18,20H2,1-2H3,(H,37,42)/t30-/m1/s1. The number of halogens is 1. The van der Waals surface area contributed by atoms with Crippen molar-refractivity contribution in [2.75, 3.05) is 7.05 Å². The summed E-state index contributed by atoms with van der Waals surface area (Å²) in [6.45, 7) is 2.29. The lowest BCUT2D eigenvalue weighted by Crippen LogP contribution is -2.48. The minimum Gasteiger partial charge on any atom is -0.355 e. The molecule has 0 spiro atoms. The molecule has 2 aromatic heterocycles. The maximum absolute atomic E-state index is 14.6. The molecule has 3 aromatic carbocycles. The SMILES string of the molecule is CNC(=O)c1ccc(-n2c(=O)c3c(n4ncc(Cc5ccccc5)c24)CN(C(=O)c2ccc(Br)c(C)c2)[C@@H](C2CC2)C3)cc1. The van der Waals surface area contributed by atoms with Gasteiger partial charge in [0.25, 0.3) is 17.4 Å². The summed E-state index contributed by atoms with van der Waals surface area (Å²) in [6, 6.07) is 22.8. The van der Waals surface area contributed by atoms with Gasteiger partial charge < -0.3 is 10.2 Å². The highest BCUT2D eigenvalue weighted by Gasteiger charge is 2.42. The van der Waals surface area contributed by atoms with Gasteiger partial charge >= 0.3 is 0 Å². The number of nitrogens with zero attached hydrogens (tertiary/aromatic N) is 4. The second kappa shape index (κ2) is 11.2. The van der Waals surface area contributed by atoms with E-state index < -0.39 is 0 Å². The van der Waals surface area contributed by atoms with E-state index in [9.17, 15) is 14.4 Å². The Kier molecular flexibility index (Phi) is 7.20. The number of hydrogen-bond donors (Lipinski definition) is 1. The first-order chi connectivity index (χ1) is 21.3. The summed E-state index contributed by atoms with van der Waals surface area (Å²) in [4.78, 5) is 42.8. The molecular formula is C35H32BrN5O3. The highest BCUT2D eigenvalue weighted by Crippen LogP contribution is 2.40. The second-order valence-corrected chi connectivity index (χ2v) is 12.6. The number of carbonyl (C=O) groups is 2. The molecule has 0 radical (unpaired) electrons. The monoisotopic (exact) mass is 649 g/mol. The summed E-state index contributed by atoms with van der Waals surface area (Å²) < 4.78 is 4.56. The van der Waals surface area contributed by atoms with Crippen molar-refractivity contribution >= 4 is 33.4 Å². The topological polar surface area (TPSA) is 88.7 Å². The number of hydrogen-bond acceptors (Lipinski definition) is 4. The van der Waals surface area contributed by atoms with Crippen molar-refractivity contribution in [3.8, 4) is 5.69 Å². The minimum absolute atomic E-state index is 0.0260. The third kappa shape index (κ3) is 4.95. The van der Waals surface area contributed by atoms with E-state index in [2.05, 4.69) is 33.4 Å². The van der Waals surface area contributed by atoms with Gasteiger partial charge in [0.05, 0.1) is 24.1 Å². The van der Waals surface area contributed by atoms with Crippen molar-refractivity contribution in [2.24, 2.45) is 5.92 Å². The fraction of sp³-hybridized carbons (Fsp3) is 0.257. The van der Waals surface area contributed by atoms with Gasteiger partial charge in [-0.2, -0.15) is 5.10 Å². The van der Waals surface area contributed by atoms with Crippen molar-refractivity contribution in [2.45, 2.75) is 45.2 Å². The zero-order chi connectivity index (χ0) is 30.5. The van der Waals surface area contributed by atoms with E-state index in [4.69, 9.17) is 5.10 Å². The summed E-state index contributed by atoms with van der Waals surface area (Å²) >= 11 is 3.55. The predicted octanol–water partition coefficient (Wildman–Crippen LogP) is 5.48. The Balaban J connectivity index is 1.40. The first-order valence-electron chi connectivity index (χ1n) is 14.9. The molecule has 8 nitrogen and oxygen atoms in total.